The van der Waals surface area contributed by atoms with Gasteiger partial charge in [-0.3, -0.25) is 10.1 Å². The lowest BCUT2D eigenvalue weighted by Gasteiger charge is -2.06. The van der Waals surface area contributed by atoms with E-state index in [4.69, 9.17) is 4.74 Å². The fraction of sp³-hybridized carbons (Fsp3) is 0.417. The van der Waals surface area contributed by atoms with Crippen LogP contribution in [0.2, 0.25) is 0 Å². The van der Waals surface area contributed by atoms with Crippen LogP contribution in [-0.4, -0.2) is 36.8 Å². The zero-order chi connectivity index (χ0) is 13.5. The van der Waals surface area contributed by atoms with E-state index in [0.717, 1.165) is 6.42 Å². The molecule has 0 aliphatic carbocycles. The molecule has 0 fully saturated rings. The molecule has 0 aliphatic rings. The molecule has 0 saturated carbocycles. The predicted molar refractivity (Wildman–Crippen MR) is 70.2 cm³/mol. The summed E-state index contributed by atoms with van der Waals surface area (Å²) in [5.74, 6) is 0.295. The molecule has 0 aliphatic heterocycles. The number of ether oxygens (including phenoxy) is 1. The maximum absolute atomic E-state index is 10.9. The van der Waals surface area contributed by atoms with Crippen LogP contribution in [0, 0.1) is 10.1 Å². The van der Waals surface area contributed by atoms with Gasteiger partial charge in [0, 0.05) is 25.7 Å². The van der Waals surface area contributed by atoms with Gasteiger partial charge in [0.25, 0.3) is 0 Å². The van der Waals surface area contributed by atoms with Crippen LogP contribution in [0.25, 0.3) is 0 Å². The minimum Gasteiger partial charge on any atom is -0.487 e. The van der Waals surface area contributed by atoms with Crippen molar-refractivity contribution in [1.82, 2.24) is 5.01 Å². The van der Waals surface area contributed by atoms with Crippen LogP contribution in [0.5, 0.6) is 5.75 Å². The lowest BCUT2D eigenvalue weighted by Crippen LogP contribution is -2.03. The molecule has 0 N–H and O–H groups in total. The van der Waals surface area contributed by atoms with Gasteiger partial charge in [0.1, 0.15) is 0 Å². The molecule has 0 spiro atoms. The molecular formula is C12H17N3O3. The van der Waals surface area contributed by atoms with Gasteiger partial charge in [-0.1, -0.05) is 6.92 Å². The summed E-state index contributed by atoms with van der Waals surface area (Å²) in [5.41, 5.74) is 0.630. The Hall–Kier alpha value is -2.11. The molecule has 98 valence electrons. The maximum atomic E-state index is 10.9. The van der Waals surface area contributed by atoms with Crippen molar-refractivity contribution in [2.24, 2.45) is 5.10 Å². The highest BCUT2D eigenvalue weighted by molar-refractivity contribution is 5.81. The lowest BCUT2D eigenvalue weighted by atomic mass is 10.2. The molecule has 1 aromatic carbocycles. The fourth-order valence-electron chi connectivity index (χ4n) is 1.27. The molecule has 6 heteroatoms. The van der Waals surface area contributed by atoms with Crippen LogP contribution in [0.15, 0.2) is 23.3 Å². The average Bonchev–Trinajstić information content (AvgIpc) is 2.34. The minimum atomic E-state index is -0.446. The van der Waals surface area contributed by atoms with E-state index in [1.807, 2.05) is 6.92 Å². The predicted octanol–water partition coefficient (Wildman–Crippen LogP) is 2.28. The highest BCUT2D eigenvalue weighted by atomic mass is 16.6. The van der Waals surface area contributed by atoms with E-state index in [-0.39, 0.29) is 5.69 Å². The number of nitro groups is 1. The summed E-state index contributed by atoms with van der Waals surface area (Å²) in [6.07, 6.45) is 2.37. The summed E-state index contributed by atoms with van der Waals surface area (Å²) in [6, 6.07) is 4.80. The van der Waals surface area contributed by atoms with Crippen LogP contribution < -0.4 is 4.74 Å². The van der Waals surface area contributed by atoms with Gasteiger partial charge in [0.05, 0.1) is 17.7 Å². The van der Waals surface area contributed by atoms with Crippen LogP contribution in [0.1, 0.15) is 18.9 Å². The number of nitro benzene ring substituents is 1. The van der Waals surface area contributed by atoms with E-state index >= 15 is 0 Å². The Morgan fingerprint density at radius 1 is 1.50 bits per heavy atom. The van der Waals surface area contributed by atoms with Crippen LogP contribution in [0.3, 0.4) is 0 Å². The highest BCUT2D eigenvalue weighted by Gasteiger charge is 2.15. The molecule has 18 heavy (non-hydrogen) atoms. The third-order valence-electron chi connectivity index (χ3n) is 2.08. The zero-order valence-corrected chi connectivity index (χ0v) is 10.8. The first-order valence-corrected chi connectivity index (χ1v) is 5.67. The van der Waals surface area contributed by atoms with Crippen LogP contribution >= 0.6 is 0 Å². The molecule has 6 nitrogen and oxygen atoms in total. The Kier molecular flexibility index (Phi) is 5.10. The Labute approximate surface area is 106 Å². The van der Waals surface area contributed by atoms with Crippen LogP contribution in [-0.2, 0) is 0 Å². The summed E-state index contributed by atoms with van der Waals surface area (Å²) in [6.45, 7) is 2.41. The Morgan fingerprint density at radius 2 is 2.22 bits per heavy atom. The third kappa shape index (κ3) is 4.04. The lowest BCUT2D eigenvalue weighted by molar-refractivity contribution is -0.385. The quantitative estimate of drug-likeness (QED) is 0.442. The first kappa shape index (κ1) is 14.0. The molecule has 0 saturated heterocycles. The van der Waals surface area contributed by atoms with E-state index in [1.165, 1.54) is 6.07 Å². The molecule has 0 aromatic heterocycles. The van der Waals surface area contributed by atoms with Crippen molar-refractivity contribution in [3.05, 3.63) is 33.9 Å². The molecular weight excluding hydrogens is 234 g/mol. The highest BCUT2D eigenvalue weighted by Crippen LogP contribution is 2.27. The van der Waals surface area contributed by atoms with Gasteiger partial charge < -0.3 is 9.75 Å². The fourth-order valence-corrected chi connectivity index (χ4v) is 1.27. The SMILES string of the molecule is CCCOc1ccc(/C=N/N(C)C)cc1[N+](=O)[O-]. The number of benzene rings is 1. The van der Waals surface area contributed by atoms with Gasteiger partial charge >= 0.3 is 5.69 Å². The Morgan fingerprint density at radius 3 is 2.78 bits per heavy atom. The maximum Gasteiger partial charge on any atom is 0.311 e. The monoisotopic (exact) mass is 251 g/mol. The van der Waals surface area contributed by atoms with Crippen molar-refractivity contribution in [3.63, 3.8) is 0 Å². The number of hydrogen-bond acceptors (Lipinski definition) is 5. The van der Waals surface area contributed by atoms with Crippen molar-refractivity contribution >= 4 is 11.9 Å². The summed E-state index contributed by atoms with van der Waals surface area (Å²) in [5, 5.41) is 16.6. The second kappa shape index (κ2) is 6.58. The standard InChI is InChI=1S/C12H17N3O3/c1-4-7-18-12-6-5-10(9-13-14(2)3)8-11(12)15(16)17/h5-6,8-9H,4,7H2,1-3H3/b13-9+. The van der Waals surface area contributed by atoms with Crippen molar-refractivity contribution in [2.75, 3.05) is 20.7 Å². The van der Waals surface area contributed by atoms with Gasteiger partial charge in [-0.15, -0.1) is 0 Å². The van der Waals surface area contributed by atoms with Crippen molar-refractivity contribution in [1.29, 1.82) is 0 Å². The van der Waals surface area contributed by atoms with Gasteiger partial charge in [0.2, 0.25) is 0 Å². The Balaban J connectivity index is 2.99. The topological polar surface area (TPSA) is 68.0 Å². The van der Waals surface area contributed by atoms with E-state index < -0.39 is 4.92 Å². The summed E-state index contributed by atoms with van der Waals surface area (Å²) in [4.78, 5) is 10.5. The van der Waals surface area contributed by atoms with Crippen LogP contribution in [0.4, 0.5) is 5.69 Å². The Bertz CT molecular complexity index is 444. The molecule has 1 rings (SSSR count). The molecule has 0 bridgehead atoms. The van der Waals surface area contributed by atoms with Crippen molar-refractivity contribution in [3.8, 4) is 5.75 Å². The number of nitrogens with zero attached hydrogens (tertiary/aromatic N) is 3. The smallest absolute Gasteiger partial charge is 0.311 e. The summed E-state index contributed by atoms with van der Waals surface area (Å²) < 4.78 is 5.33. The van der Waals surface area contributed by atoms with Gasteiger partial charge in [-0.25, -0.2) is 0 Å². The zero-order valence-electron chi connectivity index (χ0n) is 10.8. The van der Waals surface area contributed by atoms with E-state index in [0.29, 0.717) is 17.9 Å². The average molecular weight is 251 g/mol. The van der Waals surface area contributed by atoms with Gasteiger partial charge in [-0.2, -0.15) is 5.10 Å². The summed E-state index contributed by atoms with van der Waals surface area (Å²) in [7, 11) is 3.56. The third-order valence-corrected chi connectivity index (χ3v) is 2.08. The second-order valence-electron chi connectivity index (χ2n) is 3.92. The van der Waals surface area contributed by atoms with Gasteiger partial charge in [0.15, 0.2) is 5.75 Å². The molecule has 1 aromatic rings. The largest absolute Gasteiger partial charge is 0.487 e. The molecule has 0 unspecified atom stereocenters. The van der Waals surface area contributed by atoms with E-state index in [9.17, 15) is 10.1 Å². The normalized spacial score (nSPS) is 10.6. The summed E-state index contributed by atoms with van der Waals surface area (Å²) >= 11 is 0. The van der Waals surface area contributed by atoms with Crippen molar-refractivity contribution in [2.45, 2.75) is 13.3 Å². The first-order chi connectivity index (χ1) is 8.54. The van der Waals surface area contributed by atoms with E-state index in [2.05, 4.69) is 5.10 Å². The molecule has 0 radical (unpaired) electrons. The molecule has 0 heterocycles. The minimum absolute atomic E-state index is 0.0360. The second-order valence-corrected chi connectivity index (χ2v) is 3.92. The first-order valence-electron chi connectivity index (χ1n) is 5.67. The number of hydrazone groups is 1. The molecule has 0 amide bonds. The molecule has 0 atom stereocenters. The van der Waals surface area contributed by atoms with E-state index in [1.54, 1.807) is 37.5 Å². The van der Waals surface area contributed by atoms with Crippen molar-refractivity contribution < 1.29 is 9.66 Å². The number of rotatable bonds is 6. The van der Waals surface area contributed by atoms with Gasteiger partial charge in [-0.05, 0) is 18.6 Å². The number of hydrogen-bond donors (Lipinski definition) is 0.